The van der Waals surface area contributed by atoms with Crippen LogP contribution in [0.4, 0.5) is 0 Å². The first kappa shape index (κ1) is 14.3. The predicted molar refractivity (Wildman–Crippen MR) is 83.3 cm³/mol. The first-order valence-corrected chi connectivity index (χ1v) is 7.33. The molecule has 6 nitrogen and oxygen atoms in total. The topological polar surface area (TPSA) is 73.0 Å². The van der Waals surface area contributed by atoms with Crippen LogP contribution in [-0.4, -0.2) is 27.2 Å². The Labute approximate surface area is 128 Å². The molecular formula is C16H18N4O2. The SMILES string of the molecule is CCCNC(=O)Cn1ccc2ccc(-c3nnc(C)o3)cc21. The van der Waals surface area contributed by atoms with Gasteiger partial charge in [0.05, 0.1) is 0 Å². The summed E-state index contributed by atoms with van der Waals surface area (Å²) in [4.78, 5) is 11.9. The molecule has 2 aromatic heterocycles. The highest BCUT2D eigenvalue weighted by molar-refractivity contribution is 5.86. The maximum Gasteiger partial charge on any atom is 0.247 e. The van der Waals surface area contributed by atoms with E-state index in [4.69, 9.17) is 4.42 Å². The summed E-state index contributed by atoms with van der Waals surface area (Å²) in [6.45, 7) is 4.79. The van der Waals surface area contributed by atoms with Gasteiger partial charge in [0.2, 0.25) is 17.7 Å². The molecule has 0 saturated carbocycles. The third kappa shape index (κ3) is 2.86. The molecule has 1 aromatic carbocycles. The van der Waals surface area contributed by atoms with Crippen molar-refractivity contribution in [2.45, 2.75) is 26.8 Å². The third-order valence-corrected chi connectivity index (χ3v) is 3.43. The Kier molecular flexibility index (Phi) is 3.91. The number of hydrogen-bond donors (Lipinski definition) is 1. The van der Waals surface area contributed by atoms with Crippen molar-refractivity contribution in [1.29, 1.82) is 0 Å². The molecule has 2 heterocycles. The maximum absolute atomic E-state index is 11.9. The fourth-order valence-corrected chi connectivity index (χ4v) is 2.34. The fourth-order valence-electron chi connectivity index (χ4n) is 2.34. The number of carbonyl (C=O) groups is 1. The van der Waals surface area contributed by atoms with Gasteiger partial charge in [0.25, 0.3) is 0 Å². The van der Waals surface area contributed by atoms with Gasteiger partial charge >= 0.3 is 0 Å². The van der Waals surface area contributed by atoms with Crippen molar-refractivity contribution in [1.82, 2.24) is 20.1 Å². The number of hydrogen-bond acceptors (Lipinski definition) is 4. The van der Waals surface area contributed by atoms with Crippen LogP contribution >= 0.6 is 0 Å². The lowest BCUT2D eigenvalue weighted by Crippen LogP contribution is -2.27. The summed E-state index contributed by atoms with van der Waals surface area (Å²) in [6, 6.07) is 7.89. The molecule has 22 heavy (non-hydrogen) atoms. The standard InChI is InChI=1S/C16H18N4O2/c1-3-7-17-15(21)10-20-8-6-12-4-5-13(9-14(12)20)16-19-18-11(2)22-16/h4-6,8-9H,3,7,10H2,1-2H3,(H,17,21). The monoisotopic (exact) mass is 298 g/mol. The second-order valence-corrected chi connectivity index (χ2v) is 5.19. The zero-order valence-corrected chi connectivity index (χ0v) is 12.7. The van der Waals surface area contributed by atoms with Gasteiger partial charge in [-0.2, -0.15) is 0 Å². The van der Waals surface area contributed by atoms with E-state index in [1.807, 2.05) is 42.0 Å². The van der Waals surface area contributed by atoms with Crippen LogP contribution in [0.2, 0.25) is 0 Å². The highest BCUT2D eigenvalue weighted by Crippen LogP contribution is 2.24. The average Bonchev–Trinajstić information content (AvgIpc) is 3.11. The van der Waals surface area contributed by atoms with E-state index in [1.165, 1.54) is 0 Å². The third-order valence-electron chi connectivity index (χ3n) is 3.43. The largest absolute Gasteiger partial charge is 0.421 e. The van der Waals surface area contributed by atoms with E-state index < -0.39 is 0 Å². The quantitative estimate of drug-likeness (QED) is 0.785. The average molecular weight is 298 g/mol. The van der Waals surface area contributed by atoms with Crippen molar-refractivity contribution in [2.75, 3.05) is 6.54 Å². The van der Waals surface area contributed by atoms with Gasteiger partial charge in [0.15, 0.2) is 0 Å². The van der Waals surface area contributed by atoms with Crippen molar-refractivity contribution >= 4 is 16.8 Å². The molecule has 0 radical (unpaired) electrons. The Hall–Kier alpha value is -2.63. The molecule has 3 aromatic rings. The van der Waals surface area contributed by atoms with Crippen LogP contribution in [0.25, 0.3) is 22.4 Å². The minimum Gasteiger partial charge on any atom is -0.421 e. The van der Waals surface area contributed by atoms with E-state index in [-0.39, 0.29) is 5.91 Å². The summed E-state index contributed by atoms with van der Waals surface area (Å²) in [5.41, 5.74) is 1.82. The van der Waals surface area contributed by atoms with Crippen LogP contribution in [0.3, 0.4) is 0 Å². The highest BCUT2D eigenvalue weighted by atomic mass is 16.4. The number of aryl methyl sites for hydroxylation is 1. The normalized spacial score (nSPS) is 11.0. The van der Waals surface area contributed by atoms with Crippen molar-refractivity contribution < 1.29 is 9.21 Å². The van der Waals surface area contributed by atoms with Gasteiger partial charge in [-0.25, -0.2) is 0 Å². The van der Waals surface area contributed by atoms with Crippen LogP contribution in [0.1, 0.15) is 19.2 Å². The van der Waals surface area contributed by atoms with Gasteiger partial charge in [-0.3, -0.25) is 4.79 Å². The van der Waals surface area contributed by atoms with Gasteiger partial charge in [-0.05, 0) is 30.0 Å². The zero-order valence-electron chi connectivity index (χ0n) is 12.7. The summed E-state index contributed by atoms with van der Waals surface area (Å²) < 4.78 is 7.38. The summed E-state index contributed by atoms with van der Waals surface area (Å²) in [5.74, 6) is 1.03. The van der Waals surface area contributed by atoms with E-state index in [9.17, 15) is 4.79 Å². The van der Waals surface area contributed by atoms with E-state index in [0.717, 1.165) is 22.9 Å². The maximum atomic E-state index is 11.9. The number of amides is 1. The van der Waals surface area contributed by atoms with Crippen LogP contribution < -0.4 is 5.32 Å². The Balaban J connectivity index is 1.90. The van der Waals surface area contributed by atoms with Crippen LogP contribution in [-0.2, 0) is 11.3 Å². The molecule has 1 N–H and O–H groups in total. The second kappa shape index (κ2) is 6.01. The number of nitrogens with zero attached hydrogens (tertiary/aromatic N) is 3. The van der Waals surface area contributed by atoms with Crippen molar-refractivity contribution in [3.8, 4) is 11.5 Å². The Morgan fingerprint density at radius 3 is 2.91 bits per heavy atom. The zero-order chi connectivity index (χ0) is 15.5. The number of benzene rings is 1. The molecule has 114 valence electrons. The van der Waals surface area contributed by atoms with Crippen molar-refractivity contribution in [3.63, 3.8) is 0 Å². The molecule has 0 atom stereocenters. The molecule has 0 fully saturated rings. The molecule has 0 aliphatic carbocycles. The lowest BCUT2D eigenvalue weighted by molar-refractivity contribution is -0.121. The Morgan fingerprint density at radius 2 is 2.18 bits per heavy atom. The van der Waals surface area contributed by atoms with Crippen LogP contribution in [0.15, 0.2) is 34.9 Å². The fraction of sp³-hybridized carbons (Fsp3) is 0.312. The Morgan fingerprint density at radius 1 is 1.32 bits per heavy atom. The van der Waals surface area contributed by atoms with E-state index >= 15 is 0 Å². The summed E-state index contributed by atoms with van der Waals surface area (Å²) >= 11 is 0. The molecule has 6 heteroatoms. The summed E-state index contributed by atoms with van der Waals surface area (Å²) in [7, 11) is 0. The molecule has 0 bridgehead atoms. The molecule has 0 aliphatic rings. The smallest absolute Gasteiger partial charge is 0.247 e. The van der Waals surface area contributed by atoms with E-state index in [1.54, 1.807) is 6.92 Å². The van der Waals surface area contributed by atoms with Crippen molar-refractivity contribution in [2.24, 2.45) is 0 Å². The molecule has 1 amide bonds. The van der Waals surface area contributed by atoms with Gasteiger partial charge in [-0.1, -0.05) is 13.0 Å². The number of carbonyl (C=O) groups excluding carboxylic acids is 1. The van der Waals surface area contributed by atoms with Gasteiger partial charge in [0, 0.05) is 30.7 Å². The van der Waals surface area contributed by atoms with E-state index in [2.05, 4.69) is 15.5 Å². The molecule has 0 spiro atoms. The highest BCUT2D eigenvalue weighted by Gasteiger charge is 2.10. The first-order valence-electron chi connectivity index (χ1n) is 7.33. The minimum absolute atomic E-state index is 0.0124. The summed E-state index contributed by atoms with van der Waals surface area (Å²) in [5, 5.41) is 11.8. The Bertz CT molecular complexity index is 803. The first-order chi connectivity index (χ1) is 10.7. The molecule has 3 rings (SSSR count). The van der Waals surface area contributed by atoms with Gasteiger partial charge in [0.1, 0.15) is 6.54 Å². The van der Waals surface area contributed by atoms with Gasteiger partial charge < -0.3 is 14.3 Å². The second-order valence-electron chi connectivity index (χ2n) is 5.19. The predicted octanol–water partition coefficient (Wildman–Crippen LogP) is 2.53. The van der Waals surface area contributed by atoms with Crippen LogP contribution in [0, 0.1) is 6.92 Å². The lowest BCUT2D eigenvalue weighted by Gasteiger charge is -2.07. The molecule has 0 saturated heterocycles. The van der Waals surface area contributed by atoms with Crippen LogP contribution in [0.5, 0.6) is 0 Å². The minimum atomic E-state index is 0.0124. The number of nitrogens with one attached hydrogen (secondary N) is 1. The molecular weight excluding hydrogens is 280 g/mol. The molecule has 0 unspecified atom stereocenters. The van der Waals surface area contributed by atoms with Crippen molar-refractivity contribution in [3.05, 3.63) is 36.4 Å². The van der Waals surface area contributed by atoms with E-state index in [0.29, 0.717) is 24.9 Å². The number of fused-ring (bicyclic) bond motifs is 1. The summed E-state index contributed by atoms with van der Waals surface area (Å²) in [6.07, 6.45) is 2.85. The number of aromatic nitrogens is 3. The van der Waals surface area contributed by atoms with Gasteiger partial charge in [-0.15, -0.1) is 10.2 Å². The number of rotatable bonds is 5. The molecule has 0 aliphatic heterocycles. The lowest BCUT2D eigenvalue weighted by atomic mass is 10.1.